The summed E-state index contributed by atoms with van der Waals surface area (Å²) in [5, 5.41) is 14.2. The van der Waals surface area contributed by atoms with Gasteiger partial charge >= 0.3 is 5.97 Å². The predicted octanol–water partition coefficient (Wildman–Crippen LogP) is 1.04. The molecule has 2 N–H and O–H groups in total. The second-order valence-corrected chi connectivity index (χ2v) is 3.57. The number of thiazole rings is 1. The van der Waals surface area contributed by atoms with Crippen molar-refractivity contribution in [2.45, 2.75) is 12.5 Å². The van der Waals surface area contributed by atoms with E-state index < -0.39 is 5.97 Å². The Hall–Kier alpha value is -1.14. The number of carboxylic acid groups (broad SMARTS) is 1. The smallest absolute Gasteiger partial charge is 0.306 e. The number of nitrogens with zero attached hydrogens (tertiary/aromatic N) is 1. The Balaban J connectivity index is 2.30. The van der Waals surface area contributed by atoms with E-state index in [1.54, 1.807) is 6.20 Å². The number of hydrogen-bond donors (Lipinski definition) is 2. The van der Waals surface area contributed by atoms with Gasteiger partial charge in [0.05, 0.1) is 12.5 Å². The first-order chi connectivity index (χ1) is 6.72. The quantitative estimate of drug-likeness (QED) is 0.743. The first kappa shape index (κ1) is 10.9. The van der Waals surface area contributed by atoms with Crippen molar-refractivity contribution in [2.75, 3.05) is 19.0 Å². The number of aromatic nitrogens is 1. The second kappa shape index (κ2) is 5.56. The molecule has 1 rings (SSSR count). The van der Waals surface area contributed by atoms with Crippen molar-refractivity contribution in [2.24, 2.45) is 0 Å². The van der Waals surface area contributed by atoms with Crippen LogP contribution in [0.2, 0.25) is 0 Å². The van der Waals surface area contributed by atoms with Crippen molar-refractivity contribution < 1.29 is 14.6 Å². The zero-order valence-corrected chi connectivity index (χ0v) is 8.58. The van der Waals surface area contributed by atoms with Gasteiger partial charge in [-0.05, 0) is 0 Å². The number of aliphatic carboxylic acids is 1. The first-order valence-electron chi connectivity index (χ1n) is 4.10. The standard InChI is InChI=1S/C8H12N2O3S/c1-13-6(4-7(11)12)5-10-8-9-2-3-14-8/h2-3,6H,4-5H2,1H3,(H,9,10)(H,11,12). The van der Waals surface area contributed by atoms with Crippen molar-refractivity contribution in [3.63, 3.8) is 0 Å². The topological polar surface area (TPSA) is 71.5 Å². The van der Waals surface area contributed by atoms with Crippen molar-refractivity contribution in [1.29, 1.82) is 0 Å². The predicted molar refractivity (Wildman–Crippen MR) is 53.7 cm³/mol. The zero-order valence-electron chi connectivity index (χ0n) is 7.77. The van der Waals surface area contributed by atoms with E-state index in [0.717, 1.165) is 5.13 Å². The molecule has 1 aromatic rings. The minimum atomic E-state index is -0.863. The molecule has 0 aliphatic heterocycles. The molecule has 1 unspecified atom stereocenters. The maximum Gasteiger partial charge on any atom is 0.306 e. The third-order valence-corrected chi connectivity index (χ3v) is 2.38. The highest BCUT2D eigenvalue weighted by atomic mass is 32.1. The molecular formula is C8H12N2O3S. The lowest BCUT2D eigenvalue weighted by Crippen LogP contribution is -2.24. The van der Waals surface area contributed by atoms with Crippen LogP contribution in [0.5, 0.6) is 0 Å². The molecule has 1 heterocycles. The SMILES string of the molecule is COC(CNc1nccs1)CC(=O)O. The van der Waals surface area contributed by atoms with Crippen LogP contribution in [0, 0.1) is 0 Å². The van der Waals surface area contributed by atoms with Crippen molar-refractivity contribution in [1.82, 2.24) is 4.98 Å². The van der Waals surface area contributed by atoms with Gasteiger partial charge in [0.15, 0.2) is 5.13 Å². The molecule has 5 nitrogen and oxygen atoms in total. The lowest BCUT2D eigenvalue weighted by Gasteiger charge is -2.12. The summed E-state index contributed by atoms with van der Waals surface area (Å²) < 4.78 is 4.99. The monoisotopic (exact) mass is 216 g/mol. The summed E-state index contributed by atoms with van der Waals surface area (Å²) in [6.45, 7) is 0.455. The number of rotatable bonds is 6. The molecule has 0 aromatic carbocycles. The average molecular weight is 216 g/mol. The highest BCUT2D eigenvalue weighted by molar-refractivity contribution is 7.13. The van der Waals surface area contributed by atoms with Crippen molar-refractivity contribution in [3.05, 3.63) is 11.6 Å². The highest BCUT2D eigenvalue weighted by Gasteiger charge is 2.11. The third kappa shape index (κ3) is 3.71. The summed E-state index contributed by atoms with van der Waals surface area (Å²) >= 11 is 1.47. The number of methoxy groups -OCH3 is 1. The third-order valence-electron chi connectivity index (χ3n) is 1.65. The molecule has 78 valence electrons. The summed E-state index contributed by atoms with van der Waals surface area (Å²) in [6, 6.07) is 0. The summed E-state index contributed by atoms with van der Waals surface area (Å²) in [5.74, 6) is -0.863. The van der Waals surface area contributed by atoms with E-state index in [4.69, 9.17) is 9.84 Å². The van der Waals surface area contributed by atoms with Gasteiger partial charge < -0.3 is 15.2 Å². The van der Waals surface area contributed by atoms with Crippen LogP contribution in [-0.2, 0) is 9.53 Å². The van der Waals surface area contributed by atoms with E-state index in [1.165, 1.54) is 18.4 Å². The Bertz CT molecular complexity index is 276. The van der Waals surface area contributed by atoms with Crippen molar-refractivity contribution in [3.8, 4) is 0 Å². The number of ether oxygens (including phenoxy) is 1. The Morgan fingerprint density at radius 2 is 2.64 bits per heavy atom. The summed E-state index contributed by atoms with van der Waals surface area (Å²) in [5.41, 5.74) is 0. The molecule has 0 aliphatic rings. The van der Waals surface area contributed by atoms with Crippen LogP contribution in [-0.4, -0.2) is 35.8 Å². The van der Waals surface area contributed by atoms with Crippen molar-refractivity contribution >= 4 is 22.4 Å². The molecule has 0 radical (unpaired) electrons. The fraction of sp³-hybridized carbons (Fsp3) is 0.500. The molecule has 6 heteroatoms. The molecule has 1 atom stereocenters. The van der Waals surface area contributed by atoms with Gasteiger partial charge in [0, 0.05) is 25.2 Å². The van der Waals surface area contributed by atoms with Gasteiger partial charge in [0.2, 0.25) is 0 Å². The number of nitrogens with one attached hydrogen (secondary N) is 1. The van der Waals surface area contributed by atoms with Gasteiger partial charge in [-0.25, -0.2) is 4.98 Å². The lowest BCUT2D eigenvalue weighted by atomic mass is 10.2. The zero-order chi connectivity index (χ0) is 10.4. The van der Waals surface area contributed by atoms with E-state index in [0.29, 0.717) is 6.54 Å². The summed E-state index contributed by atoms with van der Waals surface area (Å²) in [7, 11) is 1.50. The normalized spacial score (nSPS) is 12.4. The molecule has 0 saturated heterocycles. The largest absolute Gasteiger partial charge is 0.481 e. The minimum Gasteiger partial charge on any atom is -0.481 e. The maximum atomic E-state index is 10.4. The van der Waals surface area contributed by atoms with Gasteiger partial charge in [-0.15, -0.1) is 11.3 Å². The Labute approximate surface area is 85.7 Å². The van der Waals surface area contributed by atoms with E-state index in [9.17, 15) is 4.79 Å². The maximum absolute atomic E-state index is 10.4. The van der Waals surface area contributed by atoms with Gasteiger partial charge in [-0.3, -0.25) is 4.79 Å². The molecule has 0 bridgehead atoms. The lowest BCUT2D eigenvalue weighted by molar-refractivity contribution is -0.139. The number of carbonyl (C=O) groups is 1. The van der Waals surface area contributed by atoms with Crippen LogP contribution in [0.1, 0.15) is 6.42 Å². The molecule has 0 aliphatic carbocycles. The van der Waals surface area contributed by atoms with Crippen LogP contribution in [0.15, 0.2) is 11.6 Å². The van der Waals surface area contributed by atoms with Crippen LogP contribution >= 0.6 is 11.3 Å². The molecule has 0 spiro atoms. The van der Waals surface area contributed by atoms with E-state index in [-0.39, 0.29) is 12.5 Å². The fourth-order valence-corrected chi connectivity index (χ4v) is 1.48. The average Bonchev–Trinajstić information content (AvgIpc) is 2.64. The van der Waals surface area contributed by atoms with E-state index in [1.807, 2.05) is 5.38 Å². The number of hydrogen-bond acceptors (Lipinski definition) is 5. The fourth-order valence-electron chi connectivity index (χ4n) is 0.945. The van der Waals surface area contributed by atoms with Crippen LogP contribution < -0.4 is 5.32 Å². The van der Waals surface area contributed by atoms with Crippen LogP contribution in [0.4, 0.5) is 5.13 Å². The van der Waals surface area contributed by atoms with Gasteiger partial charge in [-0.2, -0.15) is 0 Å². The highest BCUT2D eigenvalue weighted by Crippen LogP contribution is 2.10. The molecule has 0 amide bonds. The second-order valence-electron chi connectivity index (χ2n) is 2.67. The Morgan fingerprint density at radius 1 is 1.86 bits per heavy atom. The Morgan fingerprint density at radius 3 is 3.14 bits per heavy atom. The first-order valence-corrected chi connectivity index (χ1v) is 4.98. The van der Waals surface area contributed by atoms with E-state index in [2.05, 4.69) is 10.3 Å². The van der Waals surface area contributed by atoms with Gasteiger partial charge in [0.1, 0.15) is 0 Å². The van der Waals surface area contributed by atoms with Gasteiger partial charge in [0.25, 0.3) is 0 Å². The van der Waals surface area contributed by atoms with Crippen LogP contribution in [0.3, 0.4) is 0 Å². The summed E-state index contributed by atoms with van der Waals surface area (Å²) in [4.78, 5) is 14.4. The number of anilines is 1. The molecule has 14 heavy (non-hydrogen) atoms. The molecular weight excluding hydrogens is 204 g/mol. The van der Waals surface area contributed by atoms with Gasteiger partial charge in [-0.1, -0.05) is 0 Å². The number of carboxylic acids is 1. The van der Waals surface area contributed by atoms with E-state index >= 15 is 0 Å². The molecule has 0 fully saturated rings. The Kier molecular flexibility index (Phi) is 4.34. The van der Waals surface area contributed by atoms with Crippen LogP contribution in [0.25, 0.3) is 0 Å². The molecule has 1 aromatic heterocycles. The molecule has 0 saturated carbocycles. The summed E-state index contributed by atoms with van der Waals surface area (Å²) in [6.07, 6.45) is 1.36. The minimum absolute atomic E-state index is 0.00508.